The molecule has 1 aliphatic heterocycles. The molecule has 0 aliphatic carbocycles. The molecular weight excluding hydrogens is 220 g/mol. The average molecular weight is 244 g/mol. The zero-order valence-corrected chi connectivity index (χ0v) is 11.7. The first-order valence-corrected chi connectivity index (χ1v) is 6.56. The zero-order chi connectivity index (χ0) is 13.6. The van der Waals surface area contributed by atoms with Gasteiger partial charge in [-0.1, -0.05) is 37.8 Å². The maximum Gasteiger partial charge on any atom is 0.0627 e. The zero-order valence-electron chi connectivity index (χ0n) is 11.7. The molecular formula is C16H24N2. The summed E-state index contributed by atoms with van der Waals surface area (Å²) in [4.78, 5) is 2.42. The highest BCUT2D eigenvalue weighted by Crippen LogP contribution is 2.33. The van der Waals surface area contributed by atoms with E-state index in [9.17, 15) is 0 Å². The Balaban J connectivity index is 2.38. The first kappa shape index (κ1) is 14.7. The number of rotatable bonds is 5. The van der Waals surface area contributed by atoms with Crippen LogP contribution in [0.5, 0.6) is 0 Å². The van der Waals surface area contributed by atoms with Gasteiger partial charge in [-0.3, -0.25) is 4.90 Å². The van der Waals surface area contributed by atoms with Crippen LogP contribution in [-0.2, 0) is 0 Å². The van der Waals surface area contributed by atoms with Gasteiger partial charge in [-0.25, -0.2) is 0 Å². The van der Waals surface area contributed by atoms with Crippen LogP contribution in [0.2, 0.25) is 0 Å². The van der Waals surface area contributed by atoms with Crippen LogP contribution in [0.4, 0.5) is 0 Å². The van der Waals surface area contributed by atoms with Crippen LogP contribution in [0, 0.1) is 16.7 Å². The van der Waals surface area contributed by atoms with E-state index in [4.69, 9.17) is 5.26 Å². The predicted octanol–water partition coefficient (Wildman–Crippen LogP) is 3.69. The summed E-state index contributed by atoms with van der Waals surface area (Å²) >= 11 is 0. The highest BCUT2D eigenvalue weighted by molar-refractivity contribution is 5.24. The largest absolute Gasteiger partial charge is 0.299 e. The van der Waals surface area contributed by atoms with Crippen molar-refractivity contribution >= 4 is 0 Å². The molecule has 0 aromatic carbocycles. The molecule has 0 radical (unpaired) electrons. The van der Waals surface area contributed by atoms with Gasteiger partial charge in [0.15, 0.2) is 0 Å². The molecule has 1 fully saturated rings. The van der Waals surface area contributed by atoms with Gasteiger partial charge in [0.05, 0.1) is 6.07 Å². The van der Waals surface area contributed by atoms with Crippen molar-refractivity contribution in [2.75, 3.05) is 19.6 Å². The minimum atomic E-state index is 0.222. The second-order valence-corrected chi connectivity index (χ2v) is 5.76. The molecule has 0 atom stereocenters. The number of nitriles is 1. The smallest absolute Gasteiger partial charge is 0.0627 e. The van der Waals surface area contributed by atoms with Crippen molar-refractivity contribution < 1.29 is 0 Å². The molecule has 0 amide bonds. The fourth-order valence-electron chi connectivity index (χ4n) is 2.22. The second kappa shape index (κ2) is 6.56. The fourth-order valence-corrected chi connectivity index (χ4v) is 2.22. The Morgan fingerprint density at radius 3 is 2.44 bits per heavy atom. The predicted molar refractivity (Wildman–Crippen MR) is 77.1 cm³/mol. The van der Waals surface area contributed by atoms with Crippen molar-refractivity contribution in [1.29, 1.82) is 5.26 Å². The lowest BCUT2D eigenvalue weighted by Crippen LogP contribution is -2.39. The maximum atomic E-state index is 8.82. The van der Waals surface area contributed by atoms with E-state index in [1.807, 2.05) is 19.1 Å². The third-order valence-corrected chi connectivity index (χ3v) is 3.60. The summed E-state index contributed by atoms with van der Waals surface area (Å²) in [6.07, 6.45) is 6.95. The summed E-state index contributed by atoms with van der Waals surface area (Å²) in [5.74, 6) is 0. The monoisotopic (exact) mass is 244 g/mol. The van der Waals surface area contributed by atoms with Gasteiger partial charge in [0.25, 0.3) is 0 Å². The van der Waals surface area contributed by atoms with Gasteiger partial charge in [0.2, 0.25) is 0 Å². The van der Waals surface area contributed by atoms with E-state index in [-0.39, 0.29) is 5.41 Å². The van der Waals surface area contributed by atoms with Gasteiger partial charge in [-0.05, 0) is 43.8 Å². The van der Waals surface area contributed by atoms with Gasteiger partial charge < -0.3 is 0 Å². The summed E-state index contributed by atoms with van der Waals surface area (Å²) in [5, 5.41) is 8.82. The molecule has 1 heterocycles. The van der Waals surface area contributed by atoms with E-state index in [1.54, 1.807) is 0 Å². The minimum absolute atomic E-state index is 0.222. The first-order chi connectivity index (χ1) is 8.45. The molecule has 0 bridgehead atoms. The Morgan fingerprint density at radius 1 is 1.33 bits per heavy atom. The summed E-state index contributed by atoms with van der Waals surface area (Å²) < 4.78 is 0. The molecule has 1 rings (SSSR count). The van der Waals surface area contributed by atoms with Gasteiger partial charge in [0.1, 0.15) is 0 Å². The van der Waals surface area contributed by atoms with E-state index in [1.165, 1.54) is 0 Å². The second-order valence-electron chi connectivity index (χ2n) is 5.76. The normalized spacial score (nSPS) is 19.6. The van der Waals surface area contributed by atoms with Crippen molar-refractivity contribution in [1.82, 2.24) is 4.90 Å². The van der Waals surface area contributed by atoms with Crippen molar-refractivity contribution in [3.8, 4) is 6.07 Å². The topological polar surface area (TPSA) is 27.0 Å². The number of piperidine rings is 1. The van der Waals surface area contributed by atoms with Crippen LogP contribution in [0.3, 0.4) is 0 Å². The summed E-state index contributed by atoms with van der Waals surface area (Å²) in [7, 11) is 0. The van der Waals surface area contributed by atoms with Gasteiger partial charge in [0, 0.05) is 13.0 Å². The minimum Gasteiger partial charge on any atom is -0.299 e. The number of allylic oxidation sites excluding steroid dienone is 2. The Morgan fingerprint density at radius 2 is 1.94 bits per heavy atom. The summed E-state index contributed by atoms with van der Waals surface area (Å²) in [5.41, 5.74) is 2.40. The van der Waals surface area contributed by atoms with E-state index in [0.717, 1.165) is 43.6 Å². The maximum absolute atomic E-state index is 8.82. The van der Waals surface area contributed by atoms with E-state index < -0.39 is 0 Å². The third kappa shape index (κ3) is 4.89. The summed E-state index contributed by atoms with van der Waals surface area (Å²) in [6.45, 7) is 15.2. The van der Waals surface area contributed by atoms with Crippen LogP contribution >= 0.6 is 0 Å². The molecule has 0 N–H and O–H groups in total. The quantitative estimate of drug-likeness (QED) is 0.690. The van der Waals surface area contributed by atoms with Crippen molar-refractivity contribution in [3.63, 3.8) is 0 Å². The van der Waals surface area contributed by atoms with Crippen LogP contribution in [0.25, 0.3) is 0 Å². The van der Waals surface area contributed by atoms with E-state index in [2.05, 4.69) is 31.1 Å². The molecule has 98 valence electrons. The Labute approximate surface area is 111 Å². The summed E-state index contributed by atoms with van der Waals surface area (Å²) in [6, 6.07) is 2.31. The van der Waals surface area contributed by atoms with Gasteiger partial charge in [-0.15, -0.1) is 0 Å². The van der Waals surface area contributed by atoms with Crippen LogP contribution in [0.15, 0.2) is 36.5 Å². The highest BCUT2D eigenvalue weighted by Gasteiger charge is 2.29. The third-order valence-electron chi connectivity index (χ3n) is 3.60. The molecule has 0 aromatic heterocycles. The van der Waals surface area contributed by atoms with Crippen LogP contribution in [-0.4, -0.2) is 24.5 Å². The molecule has 1 saturated heterocycles. The lowest BCUT2D eigenvalue weighted by molar-refractivity contribution is 0.130. The standard InChI is InChI=1S/C16H24N2/c1-14(2)5-6-15(3)13-18-11-8-16(4,7-10-17)9-12-18/h5-6H,1,3,7-9,11-13H2,2,4H3/b6-5-. The SMILES string of the molecule is C=C(C)/C=C\C(=C)CN1CCC(C)(CC#N)CC1. The van der Waals surface area contributed by atoms with Crippen molar-refractivity contribution in [2.45, 2.75) is 33.1 Å². The Hall–Kier alpha value is -1.33. The highest BCUT2D eigenvalue weighted by atomic mass is 15.1. The number of hydrogen-bond acceptors (Lipinski definition) is 2. The molecule has 2 nitrogen and oxygen atoms in total. The lowest BCUT2D eigenvalue weighted by Gasteiger charge is -2.38. The number of nitrogens with zero attached hydrogens (tertiary/aromatic N) is 2. The van der Waals surface area contributed by atoms with Crippen LogP contribution in [0.1, 0.15) is 33.1 Å². The van der Waals surface area contributed by atoms with E-state index in [0.29, 0.717) is 6.42 Å². The Bertz CT molecular complexity index is 376. The number of likely N-dealkylation sites (tertiary alicyclic amines) is 1. The van der Waals surface area contributed by atoms with E-state index >= 15 is 0 Å². The molecule has 2 heteroatoms. The average Bonchev–Trinajstić information content (AvgIpc) is 2.30. The van der Waals surface area contributed by atoms with Gasteiger partial charge in [-0.2, -0.15) is 5.26 Å². The van der Waals surface area contributed by atoms with Gasteiger partial charge >= 0.3 is 0 Å². The molecule has 0 aromatic rings. The molecule has 1 aliphatic rings. The first-order valence-electron chi connectivity index (χ1n) is 6.56. The van der Waals surface area contributed by atoms with Crippen LogP contribution < -0.4 is 0 Å². The Kier molecular flexibility index (Phi) is 5.37. The fraction of sp³-hybridized carbons (Fsp3) is 0.562. The lowest BCUT2D eigenvalue weighted by atomic mass is 9.78. The molecule has 18 heavy (non-hydrogen) atoms. The van der Waals surface area contributed by atoms with Crippen molar-refractivity contribution in [3.05, 3.63) is 36.5 Å². The molecule has 0 unspecified atom stereocenters. The van der Waals surface area contributed by atoms with Crippen molar-refractivity contribution in [2.24, 2.45) is 5.41 Å². The molecule has 0 spiro atoms. The number of hydrogen-bond donors (Lipinski definition) is 0. The molecule has 0 saturated carbocycles.